The Bertz CT molecular complexity index is 398. The van der Waals surface area contributed by atoms with Crippen LogP contribution in [0.15, 0.2) is 46.2 Å². The summed E-state index contributed by atoms with van der Waals surface area (Å²) in [6.45, 7) is 0.460. The summed E-state index contributed by atoms with van der Waals surface area (Å²) in [5.74, 6) is 0.437. The molecule has 0 aromatic heterocycles. The molecule has 1 aromatic carbocycles. The lowest BCUT2D eigenvalue weighted by Gasteiger charge is -2.02. The smallest absolute Gasteiger partial charge is 0.223 e. The molecule has 1 aliphatic rings. The molecule has 0 saturated carbocycles. The molecule has 2 rings (SSSR count). The van der Waals surface area contributed by atoms with E-state index in [4.69, 9.17) is 4.74 Å². The molecule has 14 heavy (non-hydrogen) atoms. The molecule has 1 atom stereocenters. The number of nitrogens with zero attached hydrogens (tertiary/aromatic N) is 1. The molecule has 0 radical (unpaired) electrons. The van der Waals surface area contributed by atoms with Crippen LogP contribution >= 0.6 is 0 Å². The summed E-state index contributed by atoms with van der Waals surface area (Å²) < 4.78 is 19.9. The first kappa shape index (κ1) is 9.15. The van der Waals surface area contributed by atoms with Crippen LogP contribution in [0.2, 0.25) is 0 Å². The van der Waals surface area contributed by atoms with Gasteiger partial charge < -0.3 is 4.74 Å². The second kappa shape index (κ2) is 4.19. The number of hydrogen-bond donors (Lipinski definition) is 0. The maximum atomic E-state index is 10.8. The van der Waals surface area contributed by atoms with Crippen molar-refractivity contribution in [2.24, 2.45) is 4.40 Å². The fraction of sp³-hybridized carbons (Fsp3) is 0.100. The van der Waals surface area contributed by atoms with Crippen LogP contribution in [0.5, 0.6) is 0 Å². The molecule has 0 spiro atoms. The van der Waals surface area contributed by atoms with Crippen LogP contribution in [-0.4, -0.2) is 10.1 Å². The number of benzene rings is 1. The van der Waals surface area contributed by atoms with Crippen molar-refractivity contribution in [3.05, 3.63) is 47.4 Å². The summed E-state index contributed by atoms with van der Waals surface area (Å²) in [7, 11) is -1.23. The molecule has 1 heterocycles. The van der Waals surface area contributed by atoms with Gasteiger partial charge in [-0.05, 0) is 5.56 Å². The van der Waals surface area contributed by atoms with Gasteiger partial charge in [0, 0.05) is 11.5 Å². The molecule has 1 unspecified atom stereocenters. The molecule has 0 bridgehead atoms. The zero-order chi connectivity index (χ0) is 9.80. The highest BCUT2D eigenvalue weighted by molar-refractivity contribution is 7.87. The van der Waals surface area contributed by atoms with E-state index in [1.165, 1.54) is 5.41 Å². The van der Waals surface area contributed by atoms with Crippen LogP contribution in [0.4, 0.5) is 0 Å². The monoisotopic (exact) mass is 207 g/mol. The molecule has 1 aromatic rings. The highest BCUT2D eigenvalue weighted by Gasteiger charge is 2.05. The van der Waals surface area contributed by atoms with Crippen molar-refractivity contribution in [2.45, 2.75) is 6.61 Å². The van der Waals surface area contributed by atoms with Crippen molar-refractivity contribution in [1.82, 2.24) is 0 Å². The topological polar surface area (TPSA) is 38.7 Å². The Morgan fingerprint density at radius 1 is 1.29 bits per heavy atom. The average molecular weight is 207 g/mol. The average Bonchev–Trinajstić information content (AvgIpc) is 2.63. The first-order chi connectivity index (χ1) is 6.84. The van der Waals surface area contributed by atoms with Gasteiger partial charge in [-0.25, -0.2) is 4.21 Å². The lowest BCUT2D eigenvalue weighted by molar-refractivity contribution is 0.296. The largest absolute Gasteiger partial charge is 0.472 e. The molecule has 0 saturated heterocycles. The Kier molecular flexibility index (Phi) is 2.74. The lowest BCUT2D eigenvalue weighted by atomic mass is 10.2. The van der Waals surface area contributed by atoms with Gasteiger partial charge in [0.05, 0.1) is 0 Å². The SMILES string of the molecule is O=S1C=CC(OCc2ccccc2)=N1. The summed E-state index contributed by atoms with van der Waals surface area (Å²) in [5.41, 5.74) is 1.07. The van der Waals surface area contributed by atoms with Gasteiger partial charge in [-0.2, -0.15) is 0 Å². The fourth-order valence-electron chi connectivity index (χ4n) is 1.07. The van der Waals surface area contributed by atoms with Crippen LogP contribution in [-0.2, 0) is 22.3 Å². The minimum atomic E-state index is -1.23. The molecule has 1 aliphatic heterocycles. The van der Waals surface area contributed by atoms with Gasteiger partial charge in [-0.1, -0.05) is 30.3 Å². The van der Waals surface area contributed by atoms with E-state index in [1.54, 1.807) is 6.08 Å². The van der Waals surface area contributed by atoms with Gasteiger partial charge in [0.25, 0.3) is 0 Å². The number of ether oxygens (including phenoxy) is 1. The van der Waals surface area contributed by atoms with Gasteiger partial charge in [0.15, 0.2) is 11.0 Å². The summed E-state index contributed by atoms with van der Waals surface area (Å²) in [6.07, 6.45) is 1.62. The minimum absolute atomic E-state index is 0.437. The zero-order valence-corrected chi connectivity index (χ0v) is 8.24. The number of rotatable bonds is 2. The van der Waals surface area contributed by atoms with Gasteiger partial charge in [-0.3, -0.25) is 0 Å². The van der Waals surface area contributed by atoms with E-state index in [2.05, 4.69) is 4.40 Å². The zero-order valence-electron chi connectivity index (χ0n) is 7.42. The van der Waals surface area contributed by atoms with Crippen molar-refractivity contribution in [2.75, 3.05) is 0 Å². The predicted molar refractivity (Wildman–Crippen MR) is 55.9 cm³/mol. The molecular weight excluding hydrogens is 198 g/mol. The molecule has 0 fully saturated rings. The molecule has 4 heteroatoms. The third kappa shape index (κ3) is 2.29. The Hall–Kier alpha value is -1.42. The Balaban J connectivity index is 1.93. The first-order valence-electron chi connectivity index (χ1n) is 4.19. The lowest BCUT2D eigenvalue weighted by Crippen LogP contribution is -1.99. The quantitative estimate of drug-likeness (QED) is 0.741. The molecular formula is C10H9NO2S. The maximum Gasteiger partial charge on any atom is 0.223 e. The second-order valence-corrected chi connectivity index (χ2v) is 3.79. The van der Waals surface area contributed by atoms with E-state index >= 15 is 0 Å². The maximum absolute atomic E-state index is 10.8. The van der Waals surface area contributed by atoms with E-state index in [9.17, 15) is 4.21 Å². The van der Waals surface area contributed by atoms with Gasteiger partial charge in [-0.15, -0.1) is 4.40 Å². The van der Waals surface area contributed by atoms with Crippen molar-refractivity contribution in [3.8, 4) is 0 Å². The molecule has 0 aliphatic carbocycles. The third-order valence-corrected chi connectivity index (χ3v) is 2.47. The summed E-state index contributed by atoms with van der Waals surface area (Å²) >= 11 is 0. The predicted octanol–water partition coefficient (Wildman–Crippen LogP) is 1.79. The van der Waals surface area contributed by atoms with Gasteiger partial charge in [0.2, 0.25) is 5.90 Å². The minimum Gasteiger partial charge on any atom is -0.472 e. The van der Waals surface area contributed by atoms with Crippen LogP contribution in [0, 0.1) is 0 Å². The summed E-state index contributed by atoms with van der Waals surface area (Å²) in [6, 6.07) is 9.78. The molecule has 72 valence electrons. The normalized spacial score (nSPS) is 19.4. The van der Waals surface area contributed by atoms with E-state index in [1.807, 2.05) is 30.3 Å². The fourth-order valence-corrected chi connectivity index (χ4v) is 1.66. The molecule has 0 amide bonds. The molecule has 3 nitrogen and oxygen atoms in total. The summed E-state index contributed by atoms with van der Waals surface area (Å²) in [4.78, 5) is 0. The third-order valence-electron chi connectivity index (χ3n) is 1.74. The van der Waals surface area contributed by atoms with E-state index in [-0.39, 0.29) is 0 Å². The Labute approximate surface area is 84.7 Å². The highest BCUT2D eigenvalue weighted by atomic mass is 32.2. The van der Waals surface area contributed by atoms with Crippen molar-refractivity contribution in [3.63, 3.8) is 0 Å². The van der Waals surface area contributed by atoms with E-state index in [0.717, 1.165) is 5.56 Å². The second-order valence-electron chi connectivity index (χ2n) is 2.78. The first-order valence-corrected chi connectivity index (χ1v) is 5.36. The van der Waals surface area contributed by atoms with Crippen molar-refractivity contribution >= 4 is 16.9 Å². The van der Waals surface area contributed by atoms with Gasteiger partial charge >= 0.3 is 0 Å². The van der Waals surface area contributed by atoms with Gasteiger partial charge in [0.1, 0.15) is 6.61 Å². The van der Waals surface area contributed by atoms with Crippen molar-refractivity contribution in [1.29, 1.82) is 0 Å². The molecule has 0 N–H and O–H groups in total. The standard InChI is InChI=1S/C10H9NO2S/c12-14-7-6-10(11-14)13-8-9-4-2-1-3-5-9/h1-7H,8H2. The van der Waals surface area contributed by atoms with Crippen LogP contribution in [0.3, 0.4) is 0 Å². The summed E-state index contributed by atoms with van der Waals surface area (Å²) in [5, 5.41) is 1.50. The highest BCUT2D eigenvalue weighted by Crippen LogP contribution is 2.06. The Morgan fingerprint density at radius 2 is 2.07 bits per heavy atom. The van der Waals surface area contributed by atoms with Crippen LogP contribution < -0.4 is 0 Å². The number of hydrogen-bond acceptors (Lipinski definition) is 2. The van der Waals surface area contributed by atoms with Crippen LogP contribution in [0.25, 0.3) is 0 Å². The van der Waals surface area contributed by atoms with E-state index < -0.39 is 11.0 Å². The van der Waals surface area contributed by atoms with Crippen molar-refractivity contribution < 1.29 is 8.95 Å². The Morgan fingerprint density at radius 3 is 2.71 bits per heavy atom. The van der Waals surface area contributed by atoms with Crippen LogP contribution in [0.1, 0.15) is 5.56 Å². The van der Waals surface area contributed by atoms with E-state index in [0.29, 0.717) is 12.5 Å².